The molecule has 1 aromatic rings. The number of nitrogens with two attached hydrogens (primary N) is 1. The maximum Gasteiger partial charge on any atom is 0.109 e. The molecule has 0 radical (unpaired) electrons. The van der Waals surface area contributed by atoms with Crippen molar-refractivity contribution in [1.29, 1.82) is 0 Å². The van der Waals surface area contributed by atoms with Crippen LogP contribution in [0.1, 0.15) is 19.4 Å². The Morgan fingerprint density at radius 1 is 1.60 bits per heavy atom. The fourth-order valence-electron chi connectivity index (χ4n) is 2.49. The SMILES string of the molecule is C=S1(=O)CC(C)(c2cc(N)ccc2I)NC(=CC)N1C. The second-order valence-electron chi connectivity index (χ2n) is 5.28. The van der Waals surface area contributed by atoms with Gasteiger partial charge in [-0.05, 0) is 72.1 Å². The monoisotopic (exact) mass is 405 g/mol. The van der Waals surface area contributed by atoms with Gasteiger partial charge in [-0.1, -0.05) is 0 Å². The number of hydrogen-bond acceptors (Lipinski definition) is 3. The zero-order chi connectivity index (χ0) is 15.1. The number of rotatable bonds is 1. The average molecular weight is 405 g/mol. The Bertz CT molecular complexity index is 669. The van der Waals surface area contributed by atoms with Crippen LogP contribution in [-0.2, 0) is 15.2 Å². The second kappa shape index (κ2) is 5.14. The topological polar surface area (TPSA) is 58.4 Å². The van der Waals surface area contributed by atoms with Gasteiger partial charge in [0.2, 0.25) is 0 Å². The third kappa shape index (κ3) is 2.63. The lowest BCUT2D eigenvalue weighted by Gasteiger charge is -2.44. The third-order valence-corrected chi connectivity index (χ3v) is 6.78. The molecule has 1 fully saturated rings. The Morgan fingerprint density at radius 2 is 2.25 bits per heavy atom. The van der Waals surface area contributed by atoms with E-state index >= 15 is 0 Å². The van der Waals surface area contributed by atoms with Crippen molar-refractivity contribution in [2.45, 2.75) is 19.4 Å². The molecular weight excluding hydrogens is 385 g/mol. The van der Waals surface area contributed by atoms with E-state index in [9.17, 15) is 4.21 Å². The van der Waals surface area contributed by atoms with Crippen LogP contribution in [0.3, 0.4) is 0 Å². The van der Waals surface area contributed by atoms with Gasteiger partial charge in [-0.25, -0.2) is 4.21 Å². The van der Waals surface area contributed by atoms with Gasteiger partial charge in [0.25, 0.3) is 0 Å². The fourth-order valence-corrected chi connectivity index (χ4v) is 5.25. The van der Waals surface area contributed by atoms with Gasteiger partial charge < -0.3 is 11.1 Å². The molecule has 2 rings (SSSR count). The second-order valence-corrected chi connectivity index (χ2v) is 8.83. The van der Waals surface area contributed by atoms with Crippen LogP contribution in [0, 0.1) is 3.57 Å². The summed E-state index contributed by atoms with van der Waals surface area (Å²) in [4.78, 5) is 0. The highest BCUT2D eigenvalue weighted by Gasteiger charge is 2.39. The molecule has 110 valence electrons. The standard InChI is InChI=1S/C14H20IN3OS/c1-5-13-17-14(2,9-20(4,19)18(13)3)11-8-10(16)6-7-12(11)15/h5-8,17H,4,9,16H2,1-3H3. The van der Waals surface area contributed by atoms with E-state index in [2.05, 4.69) is 33.8 Å². The molecule has 0 spiro atoms. The van der Waals surface area contributed by atoms with Crippen molar-refractivity contribution in [2.24, 2.45) is 0 Å². The summed E-state index contributed by atoms with van der Waals surface area (Å²) in [5.41, 5.74) is 7.23. The molecule has 0 amide bonds. The molecule has 1 saturated heterocycles. The van der Waals surface area contributed by atoms with Crippen molar-refractivity contribution in [1.82, 2.24) is 9.62 Å². The molecule has 2 unspecified atom stereocenters. The Kier molecular flexibility index (Phi) is 3.98. The van der Waals surface area contributed by atoms with E-state index in [0.29, 0.717) is 11.4 Å². The van der Waals surface area contributed by atoms with Crippen LogP contribution in [0.15, 0.2) is 30.1 Å². The number of halogens is 1. The van der Waals surface area contributed by atoms with Gasteiger partial charge >= 0.3 is 0 Å². The Labute approximate surface area is 134 Å². The summed E-state index contributed by atoms with van der Waals surface area (Å²) < 4.78 is 15.6. The lowest BCUT2D eigenvalue weighted by Crippen LogP contribution is -2.56. The van der Waals surface area contributed by atoms with E-state index < -0.39 is 15.2 Å². The minimum absolute atomic E-state index is 0.438. The van der Waals surface area contributed by atoms with Crippen LogP contribution in [-0.4, -0.2) is 27.2 Å². The summed E-state index contributed by atoms with van der Waals surface area (Å²) in [6, 6.07) is 5.81. The first-order chi connectivity index (χ1) is 9.19. The Hall–Kier alpha value is -0.890. The van der Waals surface area contributed by atoms with Crippen LogP contribution >= 0.6 is 22.6 Å². The van der Waals surface area contributed by atoms with Crippen molar-refractivity contribution in [3.8, 4) is 0 Å². The highest BCUT2D eigenvalue weighted by molar-refractivity contribution is 14.1. The molecule has 0 bridgehead atoms. The number of benzene rings is 1. The predicted molar refractivity (Wildman–Crippen MR) is 95.7 cm³/mol. The first-order valence-corrected chi connectivity index (χ1v) is 9.21. The van der Waals surface area contributed by atoms with Crippen LogP contribution in [0.5, 0.6) is 0 Å². The lowest BCUT2D eigenvalue weighted by atomic mass is 9.93. The van der Waals surface area contributed by atoms with E-state index in [4.69, 9.17) is 5.73 Å². The van der Waals surface area contributed by atoms with Crippen LogP contribution in [0.2, 0.25) is 0 Å². The first kappa shape index (κ1) is 15.5. The summed E-state index contributed by atoms with van der Waals surface area (Å²) in [6.07, 6.45) is 1.92. The van der Waals surface area contributed by atoms with E-state index in [1.807, 2.05) is 45.2 Å². The highest BCUT2D eigenvalue weighted by Crippen LogP contribution is 2.34. The maximum atomic E-state index is 12.8. The van der Waals surface area contributed by atoms with Crippen LogP contribution in [0.25, 0.3) is 0 Å². The van der Waals surface area contributed by atoms with Crippen molar-refractivity contribution >= 4 is 43.9 Å². The normalized spacial score (nSPS) is 32.2. The minimum atomic E-state index is -2.35. The van der Waals surface area contributed by atoms with Crippen molar-refractivity contribution in [2.75, 3.05) is 18.5 Å². The van der Waals surface area contributed by atoms with Crippen molar-refractivity contribution in [3.05, 3.63) is 39.2 Å². The van der Waals surface area contributed by atoms with Gasteiger partial charge in [0.1, 0.15) is 5.82 Å². The summed E-state index contributed by atoms with van der Waals surface area (Å²) >= 11 is 2.28. The van der Waals surface area contributed by atoms with Gasteiger partial charge in [-0.2, -0.15) is 0 Å². The molecule has 6 heteroatoms. The molecule has 3 N–H and O–H groups in total. The lowest BCUT2D eigenvalue weighted by molar-refractivity contribution is 0.372. The number of hydrogen-bond donors (Lipinski definition) is 2. The molecule has 0 saturated carbocycles. The molecule has 1 aliphatic rings. The number of nitrogen functional groups attached to an aromatic ring is 1. The maximum absolute atomic E-state index is 12.8. The quantitative estimate of drug-likeness (QED) is 0.428. The molecule has 0 aromatic heterocycles. The third-order valence-electron chi connectivity index (χ3n) is 3.61. The predicted octanol–water partition coefficient (Wildman–Crippen LogP) is 2.12. The minimum Gasteiger partial charge on any atom is -0.399 e. The summed E-state index contributed by atoms with van der Waals surface area (Å²) in [7, 11) is -0.543. The van der Waals surface area contributed by atoms with E-state index in [-0.39, 0.29) is 0 Å². The van der Waals surface area contributed by atoms with Crippen molar-refractivity contribution < 1.29 is 4.21 Å². The zero-order valence-electron chi connectivity index (χ0n) is 11.9. The molecule has 4 nitrogen and oxygen atoms in total. The first-order valence-electron chi connectivity index (χ1n) is 6.28. The van der Waals surface area contributed by atoms with Gasteiger partial charge in [0.05, 0.1) is 21.0 Å². The number of nitrogens with zero attached hydrogens (tertiary/aromatic N) is 1. The van der Waals surface area contributed by atoms with Crippen LogP contribution in [0.4, 0.5) is 5.69 Å². The molecule has 1 aromatic carbocycles. The van der Waals surface area contributed by atoms with Gasteiger partial charge in [-0.15, -0.1) is 0 Å². The fraction of sp³-hybridized carbons (Fsp3) is 0.357. The summed E-state index contributed by atoms with van der Waals surface area (Å²) in [6.45, 7) is 3.97. The molecule has 2 atom stereocenters. The Balaban J connectivity index is 2.58. The van der Waals surface area contributed by atoms with Crippen molar-refractivity contribution in [3.63, 3.8) is 0 Å². The average Bonchev–Trinajstić information content (AvgIpc) is 2.36. The van der Waals surface area contributed by atoms with E-state index in [1.54, 1.807) is 4.31 Å². The highest BCUT2D eigenvalue weighted by atomic mass is 127. The number of nitrogens with one attached hydrogen (secondary N) is 1. The molecule has 1 heterocycles. The number of allylic oxidation sites excluding steroid dienone is 1. The van der Waals surface area contributed by atoms with E-state index in [1.165, 1.54) is 0 Å². The Morgan fingerprint density at radius 3 is 2.85 bits per heavy atom. The van der Waals surface area contributed by atoms with Gasteiger partial charge in [0, 0.05) is 16.3 Å². The summed E-state index contributed by atoms with van der Waals surface area (Å²) in [5, 5.41) is 3.48. The van der Waals surface area contributed by atoms with Gasteiger partial charge in [0.15, 0.2) is 0 Å². The van der Waals surface area contributed by atoms with Crippen LogP contribution < -0.4 is 11.1 Å². The molecule has 20 heavy (non-hydrogen) atoms. The summed E-state index contributed by atoms with van der Waals surface area (Å²) in [5.74, 6) is 5.19. The van der Waals surface area contributed by atoms with Gasteiger partial charge in [-0.3, -0.25) is 4.31 Å². The molecular formula is C14H20IN3OS. The van der Waals surface area contributed by atoms with E-state index in [0.717, 1.165) is 15.0 Å². The zero-order valence-corrected chi connectivity index (χ0v) is 14.9. The smallest absolute Gasteiger partial charge is 0.109 e. The molecule has 1 aliphatic heterocycles. The molecule has 0 aliphatic carbocycles. The number of anilines is 1. The largest absolute Gasteiger partial charge is 0.399 e.